The van der Waals surface area contributed by atoms with E-state index in [9.17, 15) is 4.79 Å². The van der Waals surface area contributed by atoms with E-state index in [1.807, 2.05) is 11.0 Å². The molecule has 0 atom stereocenters. The van der Waals surface area contributed by atoms with E-state index in [4.69, 9.17) is 5.73 Å². The van der Waals surface area contributed by atoms with Gasteiger partial charge in [0.2, 0.25) is 5.91 Å². The molecule has 1 saturated carbocycles. The molecule has 0 bridgehead atoms. The Bertz CT molecular complexity index is 434. The summed E-state index contributed by atoms with van der Waals surface area (Å²) in [6.07, 6.45) is 6.65. The van der Waals surface area contributed by atoms with Crippen LogP contribution in [0.25, 0.3) is 0 Å². The van der Waals surface area contributed by atoms with E-state index < -0.39 is 0 Å². The molecule has 1 amide bonds. The number of thiophene rings is 1. The molecule has 1 aromatic rings. The summed E-state index contributed by atoms with van der Waals surface area (Å²) < 4.78 is 0. The van der Waals surface area contributed by atoms with Crippen molar-refractivity contribution < 1.29 is 4.79 Å². The highest BCUT2D eigenvalue weighted by atomic mass is 32.1. The second-order valence-corrected chi connectivity index (χ2v) is 7.54. The first-order valence-corrected chi connectivity index (χ1v) is 9.00. The van der Waals surface area contributed by atoms with Crippen molar-refractivity contribution in [2.75, 3.05) is 6.54 Å². The number of nitrogens with zero attached hydrogens (tertiary/aromatic N) is 1. The second kappa shape index (κ2) is 7.41. The normalized spacial score (nSPS) is 18.5. The van der Waals surface area contributed by atoms with Crippen LogP contribution in [0.1, 0.15) is 57.2 Å². The minimum absolute atomic E-state index is 0.214. The lowest BCUT2D eigenvalue weighted by molar-refractivity contribution is -0.145. The van der Waals surface area contributed by atoms with Crippen molar-refractivity contribution in [3.63, 3.8) is 0 Å². The van der Waals surface area contributed by atoms with E-state index in [1.165, 1.54) is 17.7 Å². The van der Waals surface area contributed by atoms with Gasteiger partial charge in [0.05, 0.1) is 12.0 Å². The molecule has 118 valence electrons. The number of hydrogen-bond acceptors (Lipinski definition) is 3. The van der Waals surface area contributed by atoms with Gasteiger partial charge in [-0.1, -0.05) is 31.7 Å². The van der Waals surface area contributed by atoms with Gasteiger partial charge >= 0.3 is 0 Å². The Morgan fingerprint density at radius 1 is 1.33 bits per heavy atom. The highest BCUT2D eigenvalue weighted by Crippen LogP contribution is 2.37. The van der Waals surface area contributed by atoms with Gasteiger partial charge in [0.1, 0.15) is 0 Å². The predicted octanol–water partition coefficient (Wildman–Crippen LogP) is 3.78. The van der Waals surface area contributed by atoms with Crippen LogP contribution >= 0.6 is 11.3 Å². The Kier molecular flexibility index (Phi) is 5.82. The number of carbonyl (C=O) groups excluding carboxylic acids is 1. The number of nitrogens with two attached hydrogens (primary N) is 1. The van der Waals surface area contributed by atoms with Crippen LogP contribution in [0.3, 0.4) is 0 Å². The summed E-state index contributed by atoms with van der Waals surface area (Å²) in [5, 5.41) is 2.07. The maximum Gasteiger partial charge on any atom is 0.230 e. The summed E-state index contributed by atoms with van der Waals surface area (Å²) in [6.45, 7) is 5.41. The molecule has 2 rings (SSSR count). The van der Waals surface area contributed by atoms with Crippen LogP contribution in [0.2, 0.25) is 0 Å². The fraction of sp³-hybridized carbons (Fsp3) is 0.706. The first-order chi connectivity index (χ1) is 10.1. The summed E-state index contributed by atoms with van der Waals surface area (Å²) in [5.41, 5.74) is 5.75. The van der Waals surface area contributed by atoms with E-state index in [0.29, 0.717) is 6.54 Å². The van der Waals surface area contributed by atoms with Crippen LogP contribution < -0.4 is 5.73 Å². The molecule has 1 heterocycles. The summed E-state index contributed by atoms with van der Waals surface area (Å²) in [7, 11) is 0. The van der Waals surface area contributed by atoms with E-state index >= 15 is 0 Å². The lowest BCUT2D eigenvalue weighted by atomic mass is 9.78. The highest BCUT2D eigenvalue weighted by molar-refractivity contribution is 7.09. The van der Waals surface area contributed by atoms with Crippen molar-refractivity contribution in [1.29, 1.82) is 0 Å². The molecule has 0 aromatic carbocycles. The smallest absolute Gasteiger partial charge is 0.230 e. The molecule has 0 unspecified atom stereocenters. The Morgan fingerprint density at radius 3 is 2.48 bits per heavy atom. The summed E-state index contributed by atoms with van der Waals surface area (Å²) in [6, 6.07) is 4.37. The third kappa shape index (κ3) is 3.86. The number of carbonyl (C=O) groups is 1. The first kappa shape index (κ1) is 16.5. The van der Waals surface area contributed by atoms with Gasteiger partial charge < -0.3 is 10.6 Å². The van der Waals surface area contributed by atoms with E-state index in [0.717, 1.165) is 32.2 Å². The van der Waals surface area contributed by atoms with Crippen molar-refractivity contribution in [1.82, 2.24) is 4.90 Å². The van der Waals surface area contributed by atoms with Gasteiger partial charge in [-0.05, 0) is 38.1 Å². The van der Waals surface area contributed by atoms with Crippen LogP contribution in [0.15, 0.2) is 17.5 Å². The number of amides is 1. The molecule has 0 aliphatic heterocycles. The Hall–Kier alpha value is -0.870. The SMILES string of the molecule is CC(C)N(Cc1cccs1)C(=O)C1(CN)CCCCCC1. The van der Waals surface area contributed by atoms with Gasteiger partial charge in [-0.25, -0.2) is 0 Å². The van der Waals surface area contributed by atoms with E-state index in [-0.39, 0.29) is 17.4 Å². The zero-order valence-corrected chi connectivity index (χ0v) is 14.1. The fourth-order valence-electron chi connectivity index (χ4n) is 3.27. The molecule has 0 radical (unpaired) electrons. The van der Waals surface area contributed by atoms with Gasteiger partial charge in [0.25, 0.3) is 0 Å². The lowest BCUT2D eigenvalue weighted by Crippen LogP contribution is -2.50. The monoisotopic (exact) mass is 308 g/mol. The summed E-state index contributed by atoms with van der Waals surface area (Å²) in [4.78, 5) is 16.5. The van der Waals surface area contributed by atoms with Gasteiger partial charge in [-0.15, -0.1) is 11.3 Å². The molecule has 4 heteroatoms. The first-order valence-electron chi connectivity index (χ1n) is 8.12. The van der Waals surface area contributed by atoms with E-state index in [1.54, 1.807) is 11.3 Å². The minimum atomic E-state index is -0.321. The molecule has 1 aliphatic carbocycles. The van der Waals surface area contributed by atoms with Crippen LogP contribution in [0.5, 0.6) is 0 Å². The van der Waals surface area contributed by atoms with Gasteiger partial charge in [-0.3, -0.25) is 4.79 Å². The molecule has 21 heavy (non-hydrogen) atoms. The zero-order valence-electron chi connectivity index (χ0n) is 13.3. The van der Waals surface area contributed by atoms with Crippen molar-refractivity contribution in [2.45, 2.75) is 65.0 Å². The van der Waals surface area contributed by atoms with Crippen molar-refractivity contribution in [2.24, 2.45) is 11.1 Å². The molecule has 3 nitrogen and oxygen atoms in total. The van der Waals surface area contributed by atoms with Crippen molar-refractivity contribution >= 4 is 17.2 Å². The lowest BCUT2D eigenvalue weighted by Gasteiger charge is -2.38. The molecule has 1 aromatic heterocycles. The fourth-order valence-corrected chi connectivity index (χ4v) is 3.98. The van der Waals surface area contributed by atoms with Crippen molar-refractivity contribution in [3.8, 4) is 0 Å². The largest absolute Gasteiger partial charge is 0.335 e. The van der Waals surface area contributed by atoms with Crippen molar-refractivity contribution in [3.05, 3.63) is 22.4 Å². The Balaban J connectivity index is 2.19. The predicted molar refractivity (Wildman–Crippen MR) is 89.2 cm³/mol. The topological polar surface area (TPSA) is 46.3 Å². The molecule has 0 saturated heterocycles. The van der Waals surface area contributed by atoms with Gasteiger partial charge in [0, 0.05) is 17.5 Å². The van der Waals surface area contributed by atoms with Gasteiger partial charge in [-0.2, -0.15) is 0 Å². The zero-order chi connectivity index (χ0) is 15.3. The third-order valence-electron chi connectivity index (χ3n) is 4.70. The molecule has 1 fully saturated rings. The molecule has 1 aliphatic rings. The average molecular weight is 308 g/mol. The Labute approximate surface area is 132 Å². The summed E-state index contributed by atoms with van der Waals surface area (Å²) >= 11 is 1.72. The number of hydrogen-bond donors (Lipinski definition) is 1. The number of rotatable bonds is 5. The van der Waals surface area contributed by atoms with Crippen LogP contribution in [-0.2, 0) is 11.3 Å². The standard InChI is InChI=1S/C17H28N2OS/c1-14(2)19(12-15-8-7-11-21-15)16(20)17(13-18)9-5-3-4-6-10-17/h7-8,11,14H,3-6,9-10,12-13,18H2,1-2H3. The average Bonchev–Trinajstić information content (AvgIpc) is 2.86. The molecule has 2 N–H and O–H groups in total. The van der Waals surface area contributed by atoms with Gasteiger partial charge in [0.15, 0.2) is 0 Å². The third-order valence-corrected chi connectivity index (χ3v) is 5.56. The van der Waals surface area contributed by atoms with Crippen LogP contribution in [-0.4, -0.2) is 23.4 Å². The summed E-state index contributed by atoms with van der Waals surface area (Å²) in [5.74, 6) is 0.273. The maximum absolute atomic E-state index is 13.2. The maximum atomic E-state index is 13.2. The Morgan fingerprint density at radius 2 is 2.00 bits per heavy atom. The van der Waals surface area contributed by atoms with E-state index in [2.05, 4.69) is 25.3 Å². The van der Waals surface area contributed by atoms with Crippen LogP contribution in [0.4, 0.5) is 0 Å². The van der Waals surface area contributed by atoms with Crippen LogP contribution in [0, 0.1) is 5.41 Å². The molecular formula is C17H28N2OS. The second-order valence-electron chi connectivity index (χ2n) is 6.50. The quantitative estimate of drug-likeness (QED) is 0.841. The molecular weight excluding hydrogens is 280 g/mol. The molecule has 0 spiro atoms. The minimum Gasteiger partial charge on any atom is -0.335 e. The highest BCUT2D eigenvalue weighted by Gasteiger charge is 2.40.